The Labute approximate surface area is 248 Å². The fraction of sp³-hybridized carbons (Fsp3) is 0.440. The number of pyridine rings is 1. The van der Waals surface area contributed by atoms with Crippen LogP contribution in [-0.4, -0.2) is 58.4 Å². The van der Waals surface area contributed by atoms with Gasteiger partial charge in [0.2, 0.25) is 11.8 Å². The second-order valence-corrected chi connectivity index (χ2v) is 10.4. The molecule has 0 atom stereocenters. The van der Waals surface area contributed by atoms with Crippen LogP contribution in [0.4, 0.5) is 42.4 Å². The number of imidazole rings is 1. The molecule has 3 aromatic rings. The standard InChI is InChI=1S/C25H23Cl2F7N6O3/c26-14-6-1-10(8-35-22(42)19(30)31)17(27)18(14)38-24-37-15-7-13(23(39-20(15)40-24)43-9-16(28)29)21(41)36-12-4-2-11(3-5-12)25(32,33)34/h1,6-7,11-12,16,19H,2-5,8-9H2,(H,35,42)(H,36,41)(H2,37,38,39,40)/t11-,12-. The summed E-state index contributed by atoms with van der Waals surface area (Å²) in [7, 11) is 0. The number of rotatable bonds is 10. The largest absolute Gasteiger partial charge is 0.471 e. The number of amides is 2. The Morgan fingerprint density at radius 2 is 1.77 bits per heavy atom. The smallest absolute Gasteiger partial charge is 0.391 e. The predicted octanol–water partition coefficient (Wildman–Crippen LogP) is 6.38. The molecule has 0 saturated heterocycles. The van der Waals surface area contributed by atoms with Gasteiger partial charge in [-0.3, -0.25) is 9.59 Å². The van der Waals surface area contributed by atoms with Gasteiger partial charge in [-0.05, 0) is 43.4 Å². The molecule has 1 aromatic carbocycles. The number of anilines is 2. The fourth-order valence-electron chi connectivity index (χ4n) is 4.45. The van der Waals surface area contributed by atoms with Crippen LogP contribution >= 0.6 is 23.2 Å². The molecule has 9 nitrogen and oxygen atoms in total. The number of nitrogens with zero attached hydrogens (tertiary/aromatic N) is 2. The lowest BCUT2D eigenvalue weighted by Crippen LogP contribution is -2.40. The van der Waals surface area contributed by atoms with Crippen LogP contribution in [0, 0.1) is 5.92 Å². The number of ether oxygens (including phenoxy) is 1. The van der Waals surface area contributed by atoms with E-state index >= 15 is 0 Å². The highest BCUT2D eigenvalue weighted by molar-refractivity contribution is 6.39. The van der Waals surface area contributed by atoms with Crippen molar-refractivity contribution >= 4 is 57.8 Å². The summed E-state index contributed by atoms with van der Waals surface area (Å²) < 4.78 is 94.9. The van der Waals surface area contributed by atoms with E-state index in [9.17, 15) is 40.3 Å². The van der Waals surface area contributed by atoms with Crippen molar-refractivity contribution in [2.24, 2.45) is 5.92 Å². The average molecular weight is 659 g/mol. The maximum atomic E-state index is 13.1. The van der Waals surface area contributed by atoms with Gasteiger partial charge >= 0.3 is 12.6 Å². The molecule has 18 heteroatoms. The van der Waals surface area contributed by atoms with Crippen LogP contribution < -0.4 is 20.7 Å². The lowest BCUT2D eigenvalue weighted by atomic mass is 9.85. The molecule has 4 rings (SSSR count). The van der Waals surface area contributed by atoms with Crippen molar-refractivity contribution < 1.29 is 45.1 Å². The molecule has 0 unspecified atom stereocenters. The quantitative estimate of drug-likeness (QED) is 0.188. The summed E-state index contributed by atoms with van der Waals surface area (Å²) in [6.45, 7) is -1.43. The van der Waals surface area contributed by atoms with Crippen molar-refractivity contribution in [2.45, 2.75) is 57.3 Å². The van der Waals surface area contributed by atoms with Gasteiger partial charge in [0, 0.05) is 12.6 Å². The number of nitrogens with one attached hydrogen (secondary N) is 4. The highest BCUT2D eigenvalue weighted by Crippen LogP contribution is 2.38. The third-order valence-corrected chi connectivity index (χ3v) is 7.37. The Morgan fingerprint density at radius 3 is 2.40 bits per heavy atom. The number of H-pyrrole nitrogens is 1. The van der Waals surface area contributed by atoms with Gasteiger partial charge in [-0.1, -0.05) is 29.3 Å². The molecular formula is C25H23Cl2F7N6O3. The molecule has 234 valence electrons. The maximum Gasteiger partial charge on any atom is 0.391 e. The summed E-state index contributed by atoms with van der Waals surface area (Å²) >= 11 is 12.6. The number of aromatic amines is 1. The van der Waals surface area contributed by atoms with Crippen LogP contribution in [-0.2, 0) is 11.3 Å². The number of aromatic nitrogens is 3. The summed E-state index contributed by atoms with van der Waals surface area (Å²) in [4.78, 5) is 35.4. The first kappa shape index (κ1) is 32.4. The number of fused-ring (bicyclic) bond motifs is 1. The van der Waals surface area contributed by atoms with Crippen LogP contribution in [0.25, 0.3) is 11.2 Å². The summed E-state index contributed by atoms with van der Waals surface area (Å²) in [5.74, 6) is -4.24. The third kappa shape index (κ3) is 8.10. The lowest BCUT2D eigenvalue weighted by Gasteiger charge is -2.30. The number of benzene rings is 1. The van der Waals surface area contributed by atoms with Crippen LogP contribution in [0.3, 0.4) is 0 Å². The van der Waals surface area contributed by atoms with Crippen molar-refractivity contribution in [1.82, 2.24) is 25.6 Å². The fourth-order valence-corrected chi connectivity index (χ4v) is 4.98. The van der Waals surface area contributed by atoms with Crippen LogP contribution in [0.5, 0.6) is 5.88 Å². The van der Waals surface area contributed by atoms with E-state index in [1.807, 2.05) is 5.32 Å². The number of hydrogen-bond acceptors (Lipinski definition) is 6. The lowest BCUT2D eigenvalue weighted by molar-refractivity contribution is -0.182. The average Bonchev–Trinajstić information content (AvgIpc) is 3.34. The maximum absolute atomic E-state index is 13.1. The van der Waals surface area contributed by atoms with Crippen molar-refractivity contribution in [3.63, 3.8) is 0 Å². The number of hydrogen-bond donors (Lipinski definition) is 4. The van der Waals surface area contributed by atoms with Gasteiger partial charge in [-0.15, -0.1) is 0 Å². The number of carbonyl (C=O) groups excluding carboxylic acids is 2. The summed E-state index contributed by atoms with van der Waals surface area (Å²) in [5.41, 5.74) is 0.136. The summed E-state index contributed by atoms with van der Waals surface area (Å²) in [6.07, 6.45) is -10.6. The highest BCUT2D eigenvalue weighted by atomic mass is 35.5. The van der Waals surface area contributed by atoms with Crippen LogP contribution in [0.1, 0.15) is 41.6 Å². The normalized spacial score (nSPS) is 17.4. The molecule has 0 radical (unpaired) electrons. The van der Waals surface area contributed by atoms with E-state index in [0.29, 0.717) is 0 Å². The third-order valence-electron chi connectivity index (χ3n) is 6.62. The van der Waals surface area contributed by atoms with E-state index in [2.05, 4.69) is 25.6 Å². The van der Waals surface area contributed by atoms with E-state index in [1.165, 1.54) is 18.2 Å². The predicted molar refractivity (Wildman–Crippen MR) is 142 cm³/mol. The highest BCUT2D eigenvalue weighted by Gasteiger charge is 2.41. The summed E-state index contributed by atoms with van der Waals surface area (Å²) in [6, 6.07) is 3.46. The van der Waals surface area contributed by atoms with Crippen molar-refractivity contribution in [3.8, 4) is 5.88 Å². The molecule has 0 aliphatic heterocycles. The first-order valence-electron chi connectivity index (χ1n) is 12.7. The van der Waals surface area contributed by atoms with Gasteiger partial charge in [-0.25, -0.2) is 8.78 Å². The van der Waals surface area contributed by atoms with Crippen LogP contribution in [0.2, 0.25) is 10.0 Å². The van der Waals surface area contributed by atoms with Gasteiger partial charge in [0.25, 0.3) is 18.2 Å². The molecule has 2 heterocycles. The molecule has 2 aromatic heterocycles. The van der Waals surface area contributed by atoms with Crippen molar-refractivity contribution in [1.29, 1.82) is 0 Å². The molecule has 1 fully saturated rings. The van der Waals surface area contributed by atoms with Gasteiger partial charge in [0.15, 0.2) is 12.3 Å². The zero-order valence-electron chi connectivity index (χ0n) is 21.8. The minimum absolute atomic E-state index is 0.0251. The summed E-state index contributed by atoms with van der Waals surface area (Å²) in [5, 5.41) is 7.49. The van der Waals surface area contributed by atoms with E-state index in [4.69, 9.17) is 27.9 Å². The first-order chi connectivity index (χ1) is 20.2. The van der Waals surface area contributed by atoms with Gasteiger partial charge in [0.1, 0.15) is 5.56 Å². The number of alkyl halides is 7. The Morgan fingerprint density at radius 1 is 1.07 bits per heavy atom. The zero-order valence-corrected chi connectivity index (χ0v) is 23.3. The molecular weight excluding hydrogens is 636 g/mol. The van der Waals surface area contributed by atoms with Crippen LogP contribution in [0.15, 0.2) is 18.2 Å². The van der Waals surface area contributed by atoms with Crippen molar-refractivity contribution in [2.75, 3.05) is 11.9 Å². The van der Waals surface area contributed by atoms with Gasteiger partial charge in [0.05, 0.1) is 27.2 Å². The Kier molecular flexibility index (Phi) is 10.1. The molecule has 43 heavy (non-hydrogen) atoms. The van der Waals surface area contributed by atoms with E-state index in [1.54, 1.807) is 0 Å². The number of carbonyl (C=O) groups is 2. The first-order valence-corrected chi connectivity index (χ1v) is 13.5. The Bertz CT molecular complexity index is 1480. The Hall–Kier alpha value is -3.53. The van der Waals surface area contributed by atoms with E-state index in [-0.39, 0.29) is 76.2 Å². The van der Waals surface area contributed by atoms with Gasteiger partial charge in [-0.2, -0.15) is 31.9 Å². The minimum Gasteiger partial charge on any atom is -0.471 e. The molecule has 1 aliphatic carbocycles. The molecule has 2 amide bonds. The van der Waals surface area contributed by atoms with Crippen molar-refractivity contribution in [3.05, 3.63) is 39.4 Å². The number of halogens is 9. The topological polar surface area (TPSA) is 121 Å². The monoisotopic (exact) mass is 658 g/mol. The molecule has 1 saturated carbocycles. The van der Waals surface area contributed by atoms with Gasteiger partial charge < -0.3 is 25.7 Å². The SMILES string of the molecule is O=C(N[C@H]1CC[C@H](C(F)(F)F)CC1)c1cc2[nH]c(Nc3c(Cl)ccc(CNC(=O)C(F)F)c3Cl)nc2nc1OCC(F)F. The Balaban J connectivity index is 1.57. The second-order valence-electron chi connectivity index (χ2n) is 9.60. The molecule has 0 bridgehead atoms. The van der Waals surface area contributed by atoms with E-state index < -0.39 is 55.3 Å². The van der Waals surface area contributed by atoms with E-state index in [0.717, 1.165) is 0 Å². The minimum atomic E-state index is -4.33. The molecule has 4 N–H and O–H groups in total. The second kappa shape index (κ2) is 13.4. The zero-order chi connectivity index (χ0) is 31.5. The molecule has 0 spiro atoms. The molecule has 1 aliphatic rings.